The lowest BCUT2D eigenvalue weighted by Crippen LogP contribution is -2.32. The highest BCUT2D eigenvalue weighted by Crippen LogP contribution is 2.33. The van der Waals surface area contributed by atoms with E-state index >= 15 is 0 Å². The molecular weight excluding hydrogens is 406 g/mol. The number of alkyl halides is 3. The van der Waals surface area contributed by atoms with Gasteiger partial charge in [0.2, 0.25) is 0 Å². The number of carbonyl (C=O) groups is 1. The molecule has 0 aromatic heterocycles. The molecule has 2 atom stereocenters. The summed E-state index contributed by atoms with van der Waals surface area (Å²) < 4.78 is 62.3. The quantitative estimate of drug-likeness (QED) is 0.812. The molecule has 0 amide bonds. The third-order valence-corrected chi connectivity index (χ3v) is 6.53. The van der Waals surface area contributed by atoms with Crippen LogP contribution >= 0.6 is 23.2 Å². The van der Waals surface area contributed by atoms with Crippen molar-refractivity contribution in [2.75, 3.05) is 6.54 Å². The minimum Gasteiger partial charge on any atom is -0.480 e. The Labute approximate surface area is 151 Å². The van der Waals surface area contributed by atoms with E-state index in [-0.39, 0.29) is 27.4 Å². The fourth-order valence-electron chi connectivity index (χ4n) is 2.52. The minimum atomic E-state index is -4.64. The number of likely N-dealkylation sites (tertiary alicyclic amines) is 1. The normalized spacial score (nSPS) is 21.9. The van der Waals surface area contributed by atoms with Gasteiger partial charge in [0.1, 0.15) is 6.04 Å². The number of hydrogen-bond donors (Lipinski definition) is 1. The lowest BCUT2D eigenvalue weighted by atomic mass is 10.2. The third-order valence-electron chi connectivity index (χ3n) is 3.68. The Kier molecular flexibility index (Phi) is 5.60. The highest BCUT2D eigenvalue weighted by Gasteiger charge is 2.43. The summed E-state index contributed by atoms with van der Waals surface area (Å²) in [7, 11) is -4.05. The van der Waals surface area contributed by atoms with E-state index in [1.165, 1.54) is 18.2 Å². The molecule has 0 bridgehead atoms. The second-order valence-corrected chi connectivity index (χ2v) is 8.43. The van der Waals surface area contributed by atoms with E-state index in [9.17, 15) is 26.4 Å². The van der Waals surface area contributed by atoms with Crippen molar-refractivity contribution in [2.24, 2.45) is 0 Å². The minimum absolute atomic E-state index is 0.132. The van der Waals surface area contributed by atoms with E-state index in [2.05, 4.69) is 0 Å². The fourth-order valence-corrected chi connectivity index (χ4v) is 5.00. The predicted octanol–water partition coefficient (Wildman–Crippen LogP) is 3.37. The van der Waals surface area contributed by atoms with Crippen LogP contribution in [0.25, 0.3) is 0 Å². The van der Waals surface area contributed by atoms with Crippen LogP contribution in [0.4, 0.5) is 13.2 Å². The molecule has 0 spiro atoms. The molecule has 1 saturated heterocycles. The van der Waals surface area contributed by atoms with Gasteiger partial charge in [-0.05, 0) is 24.6 Å². The van der Waals surface area contributed by atoms with Gasteiger partial charge in [-0.2, -0.15) is 13.2 Å². The van der Waals surface area contributed by atoms with Gasteiger partial charge in [0, 0.05) is 23.8 Å². The van der Waals surface area contributed by atoms with Crippen LogP contribution in [-0.4, -0.2) is 48.4 Å². The Balaban J connectivity index is 2.33. The van der Waals surface area contributed by atoms with Crippen molar-refractivity contribution in [3.05, 3.63) is 40.5 Å². The van der Waals surface area contributed by atoms with Gasteiger partial charge in [0.15, 0.2) is 9.84 Å². The molecule has 5 nitrogen and oxygen atoms in total. The van der Waals surface area contributed by atoms with E-state index in [0.29, 0.717) is 6.20 Å². The van der Waals surface area contributed by atoms with Gasteiger partial charge in [-0.25, -0.2) is 13.2 Å². The van der Waals surface area contributed by atoms with E-state index in [1.807, 2.05) is 0 Å². The molecule has 1 aromatic rings. The zero-order valence-corrected chi connectivity index (χ0v) is 14.7. The van der Waals surface area contributed by atoms with Crippen LogP contribution in [0.1, 0.15) is 6.42 Å². The molecule has 2 rings (SSSR count). The first kappa shape index (κ1) is 19.9. The Bertz CT molecular complexity index is 811. The summed E-state index contributed by atoms with van der Waals surface area (Å²) in [5.74, 6) is -1.41. The van der Waals surface area contributed by atoms with Crippen LogP contribution in [-0.2, 0) is 14.6 Å². The summed E-state index contributed by atoms with van der Waals surface area (Å²) in [6.45, 7) is -0.398. The molecule has 11 heteroatoms. The van der Waals surface area contributed by atoms with Gasteiger partial charge < -0.3 is 10.0 Å². The lowest BCUT2D eigenvalue weighted by Gasteiger charge is -2.18. The van der Waals surface area contributed by atoms with Crippen LogP contribution in [0, 0.1) is 0 Å². The maximum absolute atomic E-state index is 12.7. The largest absolute Gasteiger partial charge is 0.480 e. The maximum Gasteiger partial charge on any atom is 0.411 e. The average molecular weight is 418 g/mol. The molecule has 25 heavy (non-hydrogen) atoms. The third kappa shape index (κ3) is 4.59. The van der Waals surface area contributed by atoms with Crippen molar-refractivity contribution >= 4 is 39.0 Å². The number of rotatable bonds is 4. The SMILES string of the molecule is O=C(O)[C@@H]1C[C@@H](S(=O)(=O)c2ccc(Cl)cc2Cl)CN1C=CC(F)(F)F. The lowest BCUT2D eigenvalue weighted by molar-refractivity contribution is -0.141. The molecule has 0 unspecified atom stereocenters. The van der Waals surface area contributed by atoms with Gasteiger partial charge in [-0.3, -0.25) is 0 Å². The van der Waals surface area contributed by atoms with Crippen LogP contribution in [0.3, 0.4) is 0 Å². The first-order valence-electron chi connectivity index (χ1n) is 6.85. The molecule has 0 aliphatic carbocycles. The first-order valence-corrected chi connectivity index (χ1v) is 9.15. The summed E-state index contributed by atoms with van der Waals surface area (Å²) in [5.41, 5.74) is 0. The summed E-state index contributed by atoms with van der Waals surface area (Å²) in [4.78, 5) is 11.9. The highest BCUT2D eigenvalue weighted by molar-refractivity contribution is 7.92. The Morgan fingerprint density at radius 1 is 1.32 bits per heavy atom. The Morgan fingerprint density at radius 2 is 1.96 bits per heavy atom. The molecule has 1 aliphatic heterocycles. The summed E-state index contributed by atoms with van der Waals surface area (Å²) in [5, 5.41) is 8.03. The second-order valence-electron chi connectivity index (χ2n) is 5.39. The van der Waals surface area contributed by atoms with Crippen molar-refractivity contribution in [1.82, 2.24) is 4.90 Å². The molecule has 138 valence electrons. The molecule has 0 radical (unpaired) electrons. The summed E-state index contributed by atoms with van der Waals surface area (Å²) in [6.07, 6.45) is -4.58. The molecular formula is C14H12Cl2F3NO4S. The van der Waals surface area contributed by atoms with Crippen molar-refractivity contribution in [2.45, 2.75) is 28.8 Å². The molecule has 0 saturated carbocycles. The number of carboxylic acids is 1. The monoisotopic (exact) mass is 417 g/mol. The van der Waals surface area contributed by atoms with Gasteiger partial charge in [-0.1, -0.05) is 23.2 Å². The van der Waals surface area contributed by atoms with Crippen LogP contribution in [0.5, 0.6) is 0 Å². The van der Waals surface area contributed by atoms with Crippen molar-refractivity contribution in [3.63, 3.8) is 0 Å². The number of hydrogen-bond acceptors (Lipinski definition) is 4. The molecule has 1 heterocycles. The number of halogens is 5. The second kappa shape index (κ2) is 7.05. The van der Waals surface area contributed by atoms with Crippen molar-refractivity contribution < 1.29 is 31.5 Å². The fraction of sp³-hybridized carbons (Fsp3) is 0.357. The van der Waals surface area contributed by atoms with E-state index in [4.69, 9.17) is 28.3 Å². The molecule has 1 N–H and O–H groups in total. The summed E-state index contributed by atoms with van der Waals surface area (Å²) >= 11 is 11.6. The van der Waals surface area contributed by atoms with Crippen LogP contribution in [0.2, 0.25) is 10.0 Å². The van der Waals surface area contributed by atoms with Crippen LogP contribution < -0.4 is 0 Å². The number of sulfone groups is 1. The molecule has 1 aromatic carbocycles. The first-order chi connectivity index (χ1) is 11.4. The van der Waals surface area contributed by atoms with Gasteiger partial charge in [0.25, 0.3) is 0 Å². The number of aliphatic carboxylic acids is 1. The number of allylic oxidation sites excluding steroid dienone is 1. The molecule has 1 fully saturated rings. The zero-order chi connectivity index (χ0) is 19.0. The van der Waals surface area contributed by atoms with E-state index in [1.54, 1.807) is 0 Å². The van der Waals surface area contributed by atoms with Crippen molar-refractivity contribution in [3.8, 4) is 0 Å². The van der Waals surface area contributed by atoms with Gasteiger partial charge in [0.05, 0.1) is 15.2 Å². The number of carboxylic acid groups (broad SMARTS) is 1. The number of benzene rings is 1. The highest BCUT2D eigenvalue weighted by atomic mass is 35.5. The zero-order valence-electron chi connectivity index (χ0n) is 12.4. The Morgan fingerprint density at radius 3 is 2.48 bits per heavy atom. The topological polar surface area (TPSA) is 74.7 Å². The molecule has 1 aliphatic rings. The van der Waals surface area contributed by atoms with Gasteiger partial charge >= 0.3 is 12.1 Å². The standard InChI is InChI=1S/C14H12Cl2F3NO4S/c15-8-1-2-12(10(16)5-8)25(23,24)9-6-11(13(21)22)20(7-9)4-3-14(17,18)19/h1-5,9,11H,6-7H2,(H,21,22)/t9-,11+/m1/s1. The van der Waals surface area contributed by atoms with Crippen LogP contribution in [0.15, 0.2) is 35.4 Å². The average Bonchev–Trinajstić information content (AvgIpc) is 2.89. The van der Waals surface area contributed by atoms with E-state index in [0.717, 1.165) is 4.90 Å². The Hall–Kier alpha value is -1.45. The smallest absolute Gasteiger partial charge is 0.411 e. The number of nitrogens with zero attached hydrogens (tertiary/aromatic N) is 1. The predicted molar refractivity (Wildman–Crippen MR) is 85.4 cm³/mol. The van der Waals surface area contributed by atoms with Gasteiger partial charge in [-0.15, -0.1) is 0 Å². The van der Waals surface area contributed by atoms with Crippen molar-refractivity contribution in [1.29, 1.82) is 0 Å². The maximum atomic E-state index is 12.7. The summed E-state index contributed by atoms with van der Waals surface area (Å²) in [6, 6.07) is 2.33. The van der Waals surface area contributed by atoms with E-state index < -0.39 is 39.8 Å².